The quantitative estimate of drug-likeness (QED) is 0.822. The monoisotopic (exact) mass is 321 g/mol. The third kappa shape index (κ3) is 3.28. The van der Waals surface area contributed by atoms with Crippen LogP contribution in [0.3, 0.4) is 0 Å². The molecule has 6 heteroatoms. The van der Waals surface area contributed by atoms with Gasteiger partial charge in [-0.15, -0.1) is 0 Å². The summed E-state index contributed by atoms with van der Waals surface area (Å²) in [6.45, 7) is 1.35. The first-order valence-corrected chi connectivity index (χ1v) is 7.94. The summed E-state index contributed by atoms with van der Waals surface area (Å²) in [5.74, 6) is 1.18. The summed E-state index contributed by atoms with van der Waals surface area (Å²) in [6.07, 6.45) is 1.69. The normalized spacial score (nSPS) is 26.7. The van der Waals surface area contributed by atoms with E-state index in [1.54, 1.807) is 20.3 Å². The summed E-state index contributed by atoms with van der Waals surface area (Å²) < 4.78 is 22.1. The van der Waals surface area contributed by atoms with E-state index in [2.05, 4.69) is 0 Å². The van der Waals surface area contributed by atoms with Crippen LogP contribution in [-0.2, 0) is 14.3 Å². The van der Waals surface area contributed by atoms with Crippen molar-refractivity contribution in [2.75, 3.05) is 34.0 Å². The molecule has 23 heavy (non-hydrogen) atoms. The van der Waals surface area contributed by atoms with E-state index in [1.807, 2.05) is 23.1 Å². The number of carbonyl (C=O) groups is 1. The zero-order valence-electron chi connectivity index (χ0n) is 13.6. The van der Waals surface area contributed by atoms with Gasteiger partial charge >= 0.3 is 0 Å². The number of hydrogen-bond donors (Lipinski definition) is 0. The molecule has 6 nitrogen and oxygen atoms in total. The minimum atomic E-state index is -0.0241. The Kier molecular flexibility index (Phi) is 5.03. The summed E-state index contributed by atoms with van der Waals surface area (Å²) >= 11 is 0. The van der Waals surface area contributed by atoms with Crippen LogP contribution in [0, 0.1) is 0 Å². The first kappa shape index (κ1) is 16.1. The lowest BCUT2D eigenvalue weighted by molar-refractivity contribution is -0.145. The third-order valence-corrected chi connectivity index (χ3v) is 4.57. The standard InChI is InChI=1S/C17H23NO5/c1-20-13-5-3-4-6-14(13)23-11-16(19)18-9-7-15(21-2)17-12(18)8-10-22-17/h3-6,12,15,17H,7-11H2,1-2H3/t12-,15+,17-/m0/s1. The molecule has 0 aromatic heterocycles. The van der Waals surface area contributed by atoms with E-state index in [1.165, 1.54) is 0 Å². The maximum Gasteiger partial charge on any atom is 0.260 e. The second-order valence-electron chi connectivity index (χ2n) is 5.78. The van der Waals surface area contributed by atoms with Crippen LogP contribution in [0.25, 0.3) is 0 Å². The fourth-order valence-electron chi connectivity index (χ4n) is 3.41. The largest absolute Gasteiger partial charge is 0.493 e. The number of piperidine rings is 1. The molecule has 2 aliphatic heterocycles. The number of hydrogen-bond acceptors (Lipinski definition) is 5. The smallest absolute Gasteiger partial charge is 0.260 e. The van der Waals surface area contributed by atoms with Crippen molar-refractivity contribution in [1.82, 2.24) is 4.90 Å². The molecule has 0 aliphatic carbocycles. The fraction of sp³-hybridized carbons (Fsp3) is 0.588. The highest BCUT2D eigenvalue weighted by Gasteiger charge is 2.44. The number of fused-ring (bicyclic) bond motifs is 1. The van der Waals surface area contributed by atoms with Gasteiger partial charge in [0.05, 0.1) is 19.3 Å². The lowest BCUT2D eigenvalue weighted by Gasteiger charge is -2.40. The first-order chi connectivity index (χ1) is 11.2. The van der Waals surface area contributed by atoms with E-state index in [-0.39, 0.29) is 30.8 Å². The zero-order chi connectivity index (χ0) is 16.2. The minimum Gasteiger partial charge on any atom is -0.493 e. The Morgan fingerprint density at radius 2 is 2.04 bits per heavy atom. The van der Waals surface area contributed by atoms with E-state index in [0.29, 0.717) is 24.7 Å². The fourth-order valence-corrected chi connectivity index (χ4v) is 3.41. The summed E-state index contributed by atoms with van der Waals surface area (Å²) in [6, 6.07) is 7.41. The number of ether oxygens (including phenoxy) is 4. The number of amides is 1. The summed E-state index contributed by atoms with van der Waals surface area (Å²) in [7, 11) is 3.28. The second kappa shape index (κ2) is 7.19. The Balaban J connectivity index is 1.62. The Hall–Kier alpha value is -1.79. The molecule has 2 aliphatic rings. The highest BCUT2D eigenvalue weighted by molar-refractivity contribution is 5.78. The molecule has 0 radical (unpaired) electrons. The predicted molar refractivity (Wildman–Crippen MR) is 83.8 cm³/mol. The average molecular weight is 321 g/mol. The average Bonchev–Trinajstić information content (AvgIpc) is 3.08. The summed E-state index contributed by atoms with van der Waals surface area (Å²) in [5.41, 5.74) is 0. The molecule has 126 valence electrons. The van der Waals surface area contributed by atoms with Gasteiger partial charge in [0.15, 0.2) is 18.1 Å². The van der Waals surface area contributed by atoms with E-state index < -0.39 is 0 Å². The van der Waals surface area contributed by atoms with Crippen LogP contribution >= 0.6 is 0 Å². The van der Waals surface area contributed by atoms with Crippen molar-refractivity contribution in [1.29, 1.82) is 0 Å². The maximum absolute atomic E-state index is 12.6. The van der Waals surface area contributed by atoms with Gasteiger partial charge in [-0.25, -0.2) is 0 Å². The molecule has 0 saturated carbocycles. The molecule has 0 bridgehead atoms. The molecule has 1 aromatic rings. The van der Waals surface area contributed by atoms with Gasteiger partial charge in [0.2, 0.25) is 0 Å². The van der Waals surface area contributed by atoms with Crippen molar-refractivity contribution in [3.05, 3.63) is 24.3 Å². The predicted octanol–water partition coefficient (Wildman–Crippen LogP) is 1.48. The Bertz CT molecular complexity index is 550. The van der Waals surface area contributed by atoms with Crippen molar-refractivity contribution in [3.63, 3.8) is 0 Å². The van der Waals surface area contributed by atoms with E-state index >= 15 is 0 Å². The van der Waals surface area contributed by atoms with Crippen LogP contribution in [0.15, 0.2) is 24.3 Å². The number of likely N-dealkylation sites (tertiary alicyclic amines) is 1. The van der Waals surface area contributed by atoms with Crippen molar-refractivity contribution in [3.8, 4) is 11.5 Å². The van der Waals surface area contributed by atoms with Gasteiger partial charge in [0.1, 0.15) is 6.10 Å². The topological polar surface area (TPSA) is 57.2 Å². The van der Waals surface area contributed by atoms with Gasteiger partial charge in [-0.2, -0.15) is 0 Å². The molecule has 2 saturated heterocycles. The van der Waals surface area contributed by atoms with E-state index in [0.717, 1.165) is 12.8 Å². The number of methoxy groups -OCH3 is 2. The number of nitrogens with zero attached hydrogens (tertiary/aromatic N) is 1. The maximum atomic E-state index is 12.6. The van der Waals surface area contributed by atoms with Gasteiger partial charge in [-0.1, -0.05) is 12.1 Å². The Labute approximate surface area is 136 Å². The molecule has 1 aromatic carbocycles. The SMILES string of the molecule is COc1ccccc1OCC(=O)N1CC[C@@H](OC)[C@H]2OCC[C@@H]21. The van der Waals surface area contributed by atoms with E-state index in [4.69, 9.17) is 18.9 Å². The lowest BCUT2D eigenvalue weighted by Crippen LogP contribution is -2.56. The van der Waals surface area contributed by atoms with Crippen LogP contribution in [0.4, 0.5) is 0 Å². The zero-order valence-corrected chi connectivity index (χ0v) is 13.6. The number of rotatable bonds is 5. The summed E-state index contributed by atoms with van der Waals surface area (Å²) in [4.78, 5) is 14.5. The van der Waals surface area contributed by atoms with Gasteiger partial charge in [-0.05, 0) is 25.0 Å². The molecule has 2 heterocycles. The second-order valence-corrected chi connectivity index (χ2v) is 5.78. The van der Waals surface area contributed by atoms with Crippen LogP contribution < -0.4 is 9.47 Å². The van der Waals surface area contributed by atoms with Gasteiger partial charge in [0.25, 0.3) is 5.91 Å². The lowest BCUT2D eigenvalue weighted by atomic mass is 9.95. The van der Waals surface area contributed by atoms with Crippen LogP contribution in [0.5, 0.6) is 11.5 Å². The van der Waals surface area contributed by atoms with Crippen LogP contribution in [0.2, 0.25) is 0 Å². The van der Waals surface area contributed by atoms with Gasteiger partial charge < -0.3 is 23.8 Å². The van der Waals surface area contributed by atoms with Crippen LogP contribution in [-0.4, -0.2) is 63.0 Å². The number of para-hydroxylation sites is 2. The molecular formula is C17H23NO5. The number of carbonyl (C=O) groups excluding carboxylic acids is 1. The highest BCUT2D eigenvalue weighted by atomic mass is 16.5. The summed E-state index contributed by atoms with van der Waals surface area (Å²) in [5, 5.41) is 0. The Morgan fingerprint density at radius 3 is 2.78 bits per heavy atom. The molecule has 0 spiro atoms. The molecule has 0 N–H and O–H groups in total. The molecule has 3 rings (SSSR count). The van der Waals surface area contributed by atoms with Crippen molar-refractivity contribution in [2.45, 2.75) is 31.1 Å². The highest BCUT2D eigenvalue weighted by Crippen LogP contribution is 2.31. The number of benzene rings is 1. The third-order valence-electron chi connectivity index (χ3n) is 4.57. The molecule has 3 atom stereocenters. The van der Waals surface area contributed by atoms with Crippen molar-refractivity contribution < 1.29 is 23.7 Å². The minimum absolute atomic E-state index is 0.00123. The molecule has 2 fully saturated rings. The van der Waals surface area contributed by atoms with Crippen LogP contribution in [0.1, 0.15) is 12.8 Å². The molecular weight excluding hydrogens is 298 g/mol. The Morgan fingerprint density at radius 1 is 1.26 bits per heavy atom. The van der Waals surface area contributed by atoms with E-state index in [9.17, 15) is 4.79 Å². The van der Waals surface area contributed by atoms with Gasteiger partial charge in [0, 0.05) is 20.3 Å². The molecule has 0 unspecified atom stereocenters. The molecule has 1 amide bonds. The van der Waals surface area contributed by atoms with Crippen molar-refractivity contribution in [2.24, 2.45) is 0 Å². The van der Waals surface area contributed by atoms with Gasteiger partial charge in [-0.3, -0.25) is 4.79 Å². The first-order valence-electron chi connectivity index (χ1n) is 7.94. The van der Waals surface area contributed by atoms with Crippen molar-refractivity contribution >= 4 is 5.91 Å².